The average molecular weight is 246 g/mol. The maximum atomic E-state index is 11.0. The van der Waals surface area contributed by atoms with Crippen LogP contribution < -0.4 is 4.87 Å². The van der Waals surface area contributed by atoms with Crippen molar-refractivity contribution in [3.63, 3.8) is 0 Å². The van der Waals surface area contributed by atoms with Crippen molar-refractivity contribution >= 4 is 39.3 Å². The minimum absolute atomic E-state index is 0.132. The van der Waals surface area contributed by atoms with E-state index in [1.54, 1.807) is 0 Å². The van der Waals surface area contributed by atoms with Gasteiger partial charge in [0.05, 0.1) is 10.2 Å². The molecule has 80 valence electrons. The number of aliphatic carboxylic acids is 1. The van der Waals surface area contributed by atoms with Crippen molar-refractivity contribution in [2.75, 3.05) is 0 Å². The van der Waals surface area contributed by atoms with E-state index in [-0.39, 0.29) is 4.87 Å². The van der Waals surface area contributed by atoms with Gasteiger partial charge in [-0.25, -0.2) is 4.09 Å². The smallest absolute Gasteiger partial charge is 0.322 e. The van der Waals surface area contributed by atoms with Crippen molar-refractivity contribution in [3.05, 3.63) is 33.9 Å². The molecule has 0 amide bonds. The predicted octanol–water partition coefficient (Wildman–Crippen LogP) is 2.16. The van der Waals surface area contributed by atoms with Gasteiger partial charge in [-0.3, -0.25) is 9.59 Å². The third-order valence-corrected chi connectivity index (χ3v) is 2.79. The summed E-state index contributed by atoms with van der Waals surface area (Å²) >= 11 is 6.81. The number of rotatable bonds is 0. The molecule has 2 rings (SSSR count). The Morgan fingerprint density at radius 2 is 2.00 bits per heavy atom. The first-order chi connectivity index (χ1) is 7.02. The number of hydrogen-bond donors (Lipinski definition) is 1. The molecule has 0 radical (unpaired) electrons. The molecule has 1 aromatic heterocycles. The highest BCUT2D eigenvalue weighted by Gasteiger charge is 2.02. The average Bonchev–Trinajstić information content (AvgIpc) is 2.43. The van der Waals surface area contributed by atoms with Gasteiger partial charge in [0.15, 0.2) is 0 Å². The van der Waals surface area contributed by atoms with Crippen LogP contribution in [-0.4, -0.2) is 15.2 Å². The molecule has 0 saturated heterocycles. The minimum Gasteiger partial charge on any atom is -0.481 e. The van der Waals surface area contributed by atoms with E-state index in [9.17, 15) is 4.79 Å². The summed E-state index contributed by atoms with van der Waals surface area (Å²) in [6, 6.07) is 7.43. The number of halogens is 1. The van der Waals surface area contributed by atoms with Crippen LogP contribution in [0.2, 0.25) is 0 Å². The summed E-state index contributed by atoms with van der Waals surface area (Å²) in [5.74, 6) is -0.833. The zero-order chi connectivity index (χ0) is 11.4. The Morgan fingerprint density at radius 1 is 1.47 bits per heavy atom. The molecule has 0 fully saturated rings. The molecule has 0 aliphatic heterocycles. The van der Waals surface area contributed by atoms with Gasteiger partial charge in [0, 0.05) is 18.7 Å². The van der Waals surface area contributed by atoms with E-state index >= 15 is 0 Å². The molecule has 1 aromatic carbocycles. The monoisotopic (exact) mass is 245 g/mol. The maximum absolute atomic E-state index is 11.0. The molecule has 4 nitrogen and oxygen atoms in total. The maximum Gasteiger partial charge on any atom is 0.322 e. The van der Waals surface area contributed by atoms with Gasteiger partial charge in [-0.15, -0.1) is 0 Å². The fourth-order valence-corrected chi connectivity index (χ4v) is 2.02. The first kappa shape index (κ1) is 11.7. The lowest BCUT2D eigenvalue weighted by atomic mass is 10.3. The van der Waals surface area contributed by atoms with E-state index in [0.717, 1.165) is 32.6 Å². The van der Waals surface area contributed by atoms with Crippen molar-refractivity contribution < 1.29 is 9.90 Å². The molecule has 0 aliphatic rings. The number of thiazole rings is 1. The second kappa shape index (κ2) is 4.95. The highest BCUT2D eigenvalue weighted by molar-refractivity contribution is 7.16. The summed E-state index contributed by atoms with van der Waals surface area (Å²) in [6.07, 6.45) is 0. The Labute approximate surface area is 94.5 Å². The number of carbonyl (C=O) groups is 1. The quantitative estimate of drug-likeness (QED) is 0.774. The van der Waals surface area contributed by atoms with Crippen LogP contribution in [-0.2, 0) is 4.79 Å². The number of nitrogens with zero attached hydrogens (tertiary/aromatic N) is 1. The predicted molar refractivity (Wildman–Crippen MR) is 60.6 cm³/mol. The standard InChI is InChI=1S/C7H4ClNOS.C2H4O2/c8-9-5-3-1-2-4-6(5)11-7(9)10;1-2(3)4/h1-4H;1H3,(H,3,4). The van der Waals surface area contributed by atoms with Crippen LogP contribution in [0.1, 0.15) is 6.92 Å². The summed E-state index contributed by atoms with van der Waals surface area (Å²) < 4.78 is 2.06. The Hall–Kier alpha value is -1.33. The summed E-state index contributed by atoms with van der Waals surface area (Å²) in [5.41, 5.74) is 0.782. The van der Waals surface area contributed by atoms with Crippen LogP contribution in [0.3, 0.4) is 0 Å². The molecule has 1 heterocycles. The van der Waals surface area contributed by atoms with Crippen molar-refractivity contribution in [2.45, 2.75) is 6.92 Å². The summed E-state index contributed by atoms with van der Waals surface area (Å²) in [4.78, 5) is 19.9. The Morgan fingerprint density at radius 3 is 2.53 bits per heavy atom. The Bertz CT molecular complexity index is 527. The van der Waals surface area contributed by atoms with E-state index in [2.05, 4.69) is 0 Å². The van der Waals surface area contributed by atoms with E-state index in [0.29, 0.717) is 0 Å². The summed E-state index contributed by atoms with van der Waals surface area (Å²) in [6.45, 7) is 1.08. The van der Waals surface area contributed by atoms with Gasteiger partial charge in [0.1, 0.15) is 0 Å². The third-order valence-electron chi connectivity index (χ3n) is 1.43. The first-order valence-corrected chi connectivity index (χ1v) is 5.14. The highest BCUT2D eigenvalue weighted by Crippen LogP contribution is 2.16. The number of carboxylic acid groups (broad SMARTS) is 1. The summed E-state index contributed by atoms with van der Waals surface area (Å²) in [7, 11) is 0. The lowest BCUT2D eigenvalue weighted by molar-refractivity contribution is -0.134. The van der Waals surface area contributed by atoms with Crippen LogP contribution in [0.5, 0.6) is 0 Å². The van der Waals surface area contributed by atoms with Gasteiger partial charge in [-0.05, 0) is 12.1 Å². The van der Waals surface area contributed by atoms with E-state index in [1.807, 2.05) is 24.3 Å². The molecule has 1 N–H and O–H groups in total. The van der Waals surface area contributed by atoms with Crippen molar-refractivity contribution in [1.29, 1.82) is 0 Å². The van der Waals surface area contributed by atoms with Gasteiger partial charge >= 0.3 is 4.87 Å². The molecule has 0 saturated carbocycles. The second-order valence-corrected chi connectivity index (χ2v) is 3.97. The molecule has 0 aliphatic carbocycles. The number of aromatic nitrogens is 1. The van der Waals surface area contributed by atoms with Crippen LogP contribution in [0.25, 0.3) is 10.2 Å². The van der Waals surface area contributed by atoms with Gasteiger partial charge in [0.25, 0.3) is 5.97 Å². The number of benzene rings is 1. The summed E-state index contributed by atoms with van der Waals surface area (Å²) in [5, 5.41) is 7.42. The van der Waals surface area contributed by atoms with Crippen LogP contribution in [0, 0.1) is 0 Å². The van der Waals surface area contributed by atoms with Gasteiger partial charge < -0.3 is 5.11 Å². The van der Waals surface area contributed by atoms with E-state index in [4.69, 9.17) is 21.7 Å². The lowest BCUT2D eigenvalue weighted by Gasteiger charge is -1.87. The van der Waals surface area contributed by atoms with E-state index < -0.39 is 5.97 Å². The fraction of sp³-hybridized carbons (Fsp3) is 0.111. The number of carboxylic acids is 1. The third kappa shape index (κ3) is 3.07. The largest absolute Gasteiger partial charge is 0.481 e. The Kier molecular flexibility index (Phi) is 3.88. The van der Waals surface area contributed by atoms with Crippen molar-refractivity contribution in [2.24, 2.45) is 0 Å². The first-order valence-electron chi connectivity index (χ1n) is 3.98. The molecule has 0 unspecified atom stereocenters. The number of fused-ring (bicyclic) bond motifs is 1. The minimum atomic E-state index is -0.833. The zero-order valence-corrected chi connectivity index (χ0v) is 9.38. The fourth-order valence-electron chi connectivity index (χ4n) is 0.938. The van der Waals surface area contributed by atoms with Gasteiger partial charge in [-0.2, -0.15) is 0 Å². The molecule has 2 aromatic rings. The zero-order valence-electron chi connectivity index (χ0n) is 7.81. The molecule has 0 spiro atoms. The topological polar surface area (TPSA) is 59.3 Å². The second-order valence-electron chi connectivity index (χ2n) is 2.64. The van der Waals surface area contributed by atoms with Gasteiger partial charge in [0.2, 0.25) is 0 Å². The molecule has 0 bridgehead atoms. The van der Waals surface area contributed by atoms with Crippen LogP contribution in [0.15, 0.2) is 29.1 Å². The lowest BCUT2D eigenvalue weighted by Crippen LogP contribution is -2.00. The Balaban J connectivity index is 0.000000245. The molecule has 15 heavy (non-hydrogen) atoms. The van der Waals surface area contributed by atoms with Crippen LogP contribution in [0.4, 0.5) is 0 Å². The molecular weight excluding hydrogens is 238 g/mol. The van der Waals surface area contributed by atoms with Crippen molar-refractivity contribution in [1.82, 2.24) is 4.09 Å². The molecular formula is C9H8ClNO3S. The molecule has 0 atom stereocenters. The van der Waals surface area contributed by atoms with E-state index in [1.165, 1.54) is 0 Å². The van der Waals surface area contributed by atoms with Crippen LogP contribution >= 0.6 is 23.1 Å². The van der Waals surface area contributed by atoms with Gasteiger partial charge in [-0.1, -0.05) is 23.5 Å². The normalized spacial score (nSPS) is 9.47. The molecule has 6 heteroatoms. The number of para-hydroxylation sites is 1. The number of hydrogen-bond acceptors (Lipinski definition) is 3. The van der Waals surface area contributed by atoms with Crippen molar-refractivity contribution in [3.8, 4) is 0 Å². The highest BCUT2D eigenvalue weighted by atomic mass is 35.5. The SMILES string of the molecule is CC(=O)O.O=c1sc2ccccc2n1Cl.